The van der Waals surface area contributed by atoms with Gasteiger partial charge in [-0.25, -0.2) is 0 Å². The first-order valence-electron chi connectivity index (χ1n) is 36.3. The van der Waals surface area contributed by atoms with Crippen LogP contribution < -0.4 is 5.32 Å². The average molecular weight is 1120 g/mol. The fraction of sp³-hybridized carbons (Fsp3) is 0.892. The Morgan fingerprint density at radius 3 is 0.975 bits per heavy atom. The summed E-state index contributed by atoms with van der Waals surface area (Å²) < 4.78 is 5.50. The van der Waals surface area contributed by atoms with Crippen LogP contribution in [-0.2, 0) is 14.3 Å². The highest BCUT2D eigenvalue weighted by molar-refractivity contribution is 5.76. The molecule has 6 heteroatoms. The van der Waals surface area contributed by atoms with Crippen LogP contribution >= 0.6 is 0 Å². The van der Waals surface area contributed by atoms with Gasteiger partial charge in [-0.1, -0.05) is 359 Å². The molecule has 0 saturated heterocycles. The van der Waals surface area contributed by atoms with Crippen molar-refractivity contribution in [3.63, 3.8) is 0 Å². The summed E-state index contributed by atoms with van der Waals surface area (Å²) in [6.07, 6.45) is 89.4. The molecule has 0 aromatic rings. The van der Waals surface area contributed by atoms with Gasteiger partial charge in [0.1, 0.15) is 0 Å². The minimum Gasteiger partial charge on any atom is -0.466 e. The van der Waals surface area contributed by atoms with Crippen molar-refractivity contribution in [1.29, 1.82) is 0 Å². The van der Waals surface area contributed by atoms with Crippen LogP contribution in [0.3, 0.4) is 0 Å². The third-order valence-corrected chi connectivity index (χ3v) is 16.9. The Labute approximate surface area is 500 Å². The predicted octanol–water partition coefficient (Wildman–Crippen LogP) is 23.5. The predicted molar refractivity (Wildman–Crippen MR) is 352 cm³/mol. The van der Waals surface area contributed by atoms with Gasteiger partial charge in [0.25, 0.3) is 0 Å². The molecule has 0 rings (SSSR count). The summed E-state index contributed by atoms with van der Waals surface area (Å²) in [6.45, 7) is 4.91. The zero-order valence-electron chi connectivity index (χ0n) is 54.1. The lowest BCUT2D eigenvalue weighted by Gasteiger charge is -2.20. The lowest BCUT2D eigenvalue weighted by atomic mass is 10.0. The van der Waals surface area contributed by atoms with Crippen LogP contribution in [0.2, 0.25) is 0 Å². The molecule has 2 unspecified atom stereocenters. The van der Waals surface area contributed by atoms with E-state index in [1.807, 2.05) is 6.08 Å². The van der Waals surface area contributed by atoms with Crippen molar-refractivity contribution >= 4 is 11.9 Å². The van der Waals surface area contributed by atoms with Crippen molar-refractivity contribution in [2.75, 3.05) is 13.2 Å². The van der Waals surface area contributed by atoms with E-state index in [4.69, 9.17) is 4.74 Å². The number of nitrogens with one attached hydrogen (secondary N) is 1. The number of allylic oxidation sites excluding steroid dienone is 5. The molecule has 0 aromatic heterocycles. The number of hydrogen-bond donors (Lipinski definition) is 3. The SMILES string of the molecule is CCCCC/C=C\C/C=C\CCCCCCCCCC(=O)OCCCCCCCCCCCCCCCCCCCCCCCCCCC(=O)NC(CO)C(O)/C=C/CCCCCCCCCCCCCCCCCCCCCC. The van der Waals surface area contributed by atoms with Gasteiger partial charge in [-0.05, 0) is 64.2 Å². The number of unbranched alkanes of at least 4 members (excludes halogenated alkanes) is 53. The fourth-order valence-electron chi connectivity index (χ4n) is 11.4. The highest BCUT2D eigenvalue weighted by Gasteiger charge is 2.18. The molecule has 0 aromatic carbocycles. The molecule has 0 spiro atoms. The van der Waals surface area contributed by atoms with Crippen LogP contribution in [-0.4, -0.2) is 47.4 Å². The van der Waals surface area contributed by atoms with E-state index < -0.39 is 12.1 Å². The number of aliphatic hydroxyl groups excluding tert-OH is 2. The lowest BCUT2D eigenvalue weighted by molar-refractivity contribution is -0.143. The Morgan fingerprint density at radius 2 is 0.625 bits per heavy atom. The Bertz CT molecular complexity index is 1300. The molecule has 0 radical (unpaired) electrons. The first-order valence-corrected chi connectivity index (χ1v) is 36.3. The molecule has 0 fully saturated rings. The van der Waals surface area contributed by atoms with Crippen LogP contribution in [0, 0.1) is 0 Å². The van der Waals surface area contributed by atoms with Gasteiger partial charge < -0.3 is 20.3 Å². The maximum Gasteiger partial charge on any atom is 0.305 e. The van der Waals surface area contributed by atoms with E-state index in [0.29, 0.717) is 19.4 Å². The molecule has 80 heavy (non-hydrogen) atoms. The van der Waals surface area contributed by atoms with E-state index in [1.165, 1.54) is 321 Å². The van der Waals surface area contributed by atoms with Gasteiger partial charge in [-0.3, -0.25) is 9.59 Å². The monoisotopic (exact) mass is 1120 g/mol. The molecule has 3 N–H and O–H groups in total. The average Bonchev–Trinajstić information content (AvgIpc) is 3.46. The zero-order chi connectivity index (χ0) is 57.8. The first kappa shape index (κ1) is 78.1. The summed E-state index contributed by atoms with van der Waals surface area (Å²) in [5.41, 5.74) is 0. The van der Waals surface area contributed by atoms with Crippen molar-refractivity contribution in [1.82, 2.24) is 5.32 Å². The number of carbonyl (C=O) groups is 2. The quantitative estimate of drug-likeness (QED) is 0.0320. The standard InChI is InChI=1S/C74H141NO5/c1-3-5-7-9-11-13-15-17-19-21-22-23-28-31-35-38-42-46-50-54-58-62-66-72(77)71(70-76)75-73(78)67-63-59-55-51-47-43-39-36-32-29-26-24-25-27-30-33-37-41-45-49-53-57-61-65-69-80-74(79)68-64-60-56-52-48-44-40-34-20-18-16-14-12-10-8-6-4-2/h12,14,18,20,62,66,71-72,76-77H,3-11,13,15-17,19,21-61,63-65,67-70H2,1-2H3,(H,75,78)/b14-12-,20-18-,66-62+. The van der Waals surface area contributed by atoms with E-state index in [9.17, 15) is 19.8 Å². The Balaban J connectivity index is 3.39. The maximum atomic E-state index is 12.5. The van der Waals surface area contributed by atoms with Gasteiger partial charge in [0, 0.05) is 12.8 Å². The van der Waals surface area contributed by atoms with Gasteiger partial charge in [0.2, 0.25) is 5.91 Å². The lowest BCUT2D eigenvalue weighted by Crippen LogP contribution is -2.45. The minimum atomic E-state index is -0.845. The molecule has 1 amide bonds. The normalized spacial score (nSPS) is 12.7. The first-order chi connectivity index (χ1) is 39.5. The number of hydrogen-bond acceptors (Lipinski definition) is 5. The summed E-state index contributed by atoms with van der Waals surface area (Å²) in [4.78, 5) is 24.6. The van der Waals surface area contributed by atoms with E-state index >= 15 is 0 Å². The van der Waals surface area contributed by atoms with Gasteiger partial charge in [0.05, 0.1) is 25.4 Å². The molecule has 0 aliphatic rings. The van der Waals surface area contributed by atoms with Crippen molar-refractivity contribution in [3.05, 3.63) is 36.5 Å². The summed E-state index contributed by atoms with van der Waals surface area (Å²) in [5.74, 6) is -0.0550. The third-order valence-electron chi connectivity index (χ3n) is 16.9. The van der Waals surface area contributed by atoms with Gasteiger partial charge in [-0.2, -0.15) is 0 Å². The maximum absolute atomic E-state index is 12.5. The Kier molecular flexibility index (Phi) is 67.9. The number of carbonyl (C=O) groups excluding carboxylic acids is 2. The third kappa shape index (κ3) is 65.2. The van der Waals surface area contributed by atoms with Gasteiger partial charge in [0.15, 0.2) is 0 Å². The zero-order valence-corrected chi connectivity index (χ0v) is 54.1. The second-order valence-electron chi connectivity index (χ2n) is 24.9. The largest absolute Gasteiger partial charge is 0.466 e. The van der Waals surface area contributed by atoms with E-state index in [0.717, 1.165) is 51.4 Å². The molecular formula is C74H141NO5. The van der Waals surface area contributed by atoms with E-state index in [2.05, 4.69) is 43.5 Å². The van der Waals surface area contributed by atoms with E-state index in [1.54, 1.807) is 6.08 Å². The Hall–Kier alpha value is -1.92. The van der Waals surface area contributed by atoms with Crippen molar-refractivity contribution in [2.24, 2.45) is 0 Å². The molecule has 0 aliphatic heterocycles. The smallest absolute Gasteiger partial charge is 0.305 e. The number of rotatable bonds is 68. The van der Waals surface area contributed by atoms with Crippen molar-refractivity contribution < 1.29 is 24.5 Å². The van der Waals surface area contributed by atoms with Gasteiger partial charge in [-0.15, -0.1) is 0 Å². The second-order valence-corrected chi connectivity index (χ2v) is 24.9. The molecule has 6 nitrogen and oxygen atoms in total. The molecule has 0 bridgehead atoms. The highest BCUT2D eigenvalue weighted by atomic mass is 16.5. The number of ether oxygens (including phenoxy) is 1. The highest BCUT2D eigenvalue weighted by Crippen LogP contribution is 2.19. The summed E-state index contributed by atoms with van der Waals surface area (Å²) in [5, 5.41) is 23.3. The van der Waals surface area contributed by atoms with Gasteiger partial charge >= 0.3 is 5.97 Å². The molecule has 2 atom stereocenters. The van der Waals surface area contributed by atoms with E-state index in [-0.39, 0.29) is 18.5 Å². The van der Waals surface area contributed by atoms with Crippen LogP contribution in [0.1, 0.15) is 399 Å². The number of aliphatic hydroxyl groups is 2. The molecule has 0 aliphatic carbocycles. The second kappa shape index (κ2) is 69.6. The Morgan fingerprint density at radius 1 is 0.350 bits per heavy atom. The number of amides is 1. The molecule has 0 heterocycles. The van der Waals surface area contributed by atoms with Crippen LogP contribution in [0.15, 0.2) is 36.5 Å². The topological polar surface area (TPSA) is 95.9 Å². The summed E-state index contributed by atoms with van der Waals surface area (Å²) in [6, 6.07) is -0.629. The van der Waals surface area contributed by atoms with Crippen molar-refractivity contribution in [3.8, 4) is 0 Å². The van der Waals surface area contributed by atoms with Crippen LogP contribution in [0.25, 0.3) is 0 Å². The van der Waals surface area contributed by atoms with Crippen molar-refractivity contribution in [2.45, 2.75) is 411 Å². The number of esters is 1. The minimum absolute atomic E-state index is 0.00786. The molecule has 0 saturated carbocycles. The molecular weight excluding hydrogens is 983 g/mol. The van der Waals surface area contributed by atoms with Crippen LogP contribution in [0.5, 0.6) is 0 Å². The molecule has 472 valence electrons. The summed E-state index contributed by atoms with van der Waals surface area (Å²) >= 11 is 0. The fourth-order valence-corrected chi connectivity index (χ4v) is 11.4. The van der Waals surface area contributed by atoms with Crippen LogP contribution in [0.4, 0.5) is 0 Å². The summed E-state index contributed by atoms with van der Waals surface area (Å²) in [7, 11) is 0.